The smallest absolute Gasteiger partial charge is 0.309 e. The summed E-state index contributed by atoms with van der Waals surface area (Å²) < 4.78 is 19.1. The van der Waals surface area contributed by atoms with Crippen LogP contribution < -0.4 is 0 Å². The molecule has 1 aromatic carbocycles. The maximum atomic E-state index is 13.7. The van der Waals surface area contributed by atoms with Crippen molar-refractivity contribution in [3.63, 3.8) is 0 Å². The second-order valence-electron chi connectivity index (χ2n) is 8.80. The van der Waals surface area contributed by atoms with Gasteiger partial charge in [-0.2, -0.15) is 0 Å². The number of aliphatic hydroxyl groups excluding tert-OH is 1. The monoisotopic (exact) mass is 454 g/mol. The van der Waals surface area contributed by atoms with Gasteiger partial charge in [-0.1, -0.05) is 51.1 Å². The Morgan fingerprint density at radius 1 is 1.15 bits per heavy atom. The van der Waals surface area contributed by atoms with Gasteiger partial charge in [0, 0.05) is 23.1 Å². The van der Waals surface area contributed by atoms with Crippen molar-refractivity contribution in [2.75, 3.05) is 7.11 Å². The third-order valence-electron chi connectivity index (χ3n) is 5.51. The van der Waals surface area contributed by atoms with E-state index in [0.717, 1.165) is 33.6 Å². The Labute approximate surface area is 194 Å². The highest BCUT2D eigenvalue weighted by Gasteiger charge is 2.26. The average Bonchev–Trinajstić information content (AvgIpc) is 2.75. The molecule has 1 N–H and O–H groups in total. The number of rotatable bonds is 7. The topological polar surface area (TPSA) is 81.0 Å². The summed E-state index contributed by atoms with van der Waals surface area (Å²) in [6.07, 6.45) is 4.36. The Morgan fingerprint density at radius 2 is 1.79 bits per heavy atom. The summed E-state index contributed by atoms with van der Waals surface area (Å²) in [6.45, 7) is 8.24. The summed E-state index contributed by atoms with van der Waals surface area (Å²) in [6, 6.07) is 6.29. The normalized spacial score (nSPS) is 19.1. The van der Waals surface area contributed by atoms with E-state index in [9.17, 15) is 14.3 Å². The first kappa shape index (κ1) is 24.6. The number of pyridine rings is 1. The van der Waals surface area contributed by atoms with Crippen molar-refractivity contribution in [3.8, 4) is 11.1 Å². The van der Waals surface area contributed by atoms with E-state index in [2.05, 4.69) is 32.9 Å². The summed E-state index contributed by atoms with van der Waals surface area (Å²) in [5.74, 6) is -0.553. The van der Waals surface area contributed by atoms with E-state index in [1.807, 2.05) is 6.08 Å². The highest BCUT2D eigenvalue weighted by atomic mass is 19.1. The summed E-state index contributed by atoms with van der Waals surface area (Å²) in [5.41, 5.74) is 4.98. The largest absolute Gasteiger partial charge is 0.458 e. The number of esters is 1. The zero-order chi connectivity index (χ0) is 24.1. The molecule has 1 aliphatic heterocycles. The van der Waals surface area contributed by atoms with Crippen molar-refractivity contribution in [2.24, 2.45) is 5.16 Å². The van der Waals surface area contributed by atoms with E-state index in [1.54, 1.807) is 24.4 Å². The minimum Gasteiger partial charge on any atom is -0.458 e. The van der Waals surface area contributed by atoms with Crippen LogP contribution in [0.5, 0.6) is 0 Å². The van der Waals surface area contributed by atoms with E-state index >= 15 is 0 Å². The molecule has 176 valence electrons. The van der Waals surface area contributed by atoms with Crippen LogP contribution in [0.15, 0.2) is 35.5 Å². The highest BCUT2D eigenvalue weighted by molar-refractivity contribution is 5.95. The molecule has 0 amide bonds. The van der Waals surface area contributed by atoms with Crippen molar-refractivity contribution >= 4 is 18.3 Å². The molecule has 0 unspecified atom stereocenters. The molecule has 33 heavy (non-hydrogen) atoms. The molecule has 3 rings (SSSR count). The second kappa shape index (κ2) is 10.7. The van der Waals surface area contributed by atoms with Gasteiger partial charge >= 0.3 is 5.97 Å². The van der Waals surface area contributed by atoms with Crippen LogP contribution in [0.3, 0.4) is 0 Å². The van der Waals surface area contributed by atoms with Crippen LogP contribution in [0.1, 0.15) is 74.9 Å². The summed E-state index contributed by atoms with van der Waals surface area (Å²) in [5, 5.41) is 14.0. The predicted molar refractivity (Wildman–Crippen MR) is 127 cm³/mol. The van der Waals surface area contributed by atoms with E-state index < -0.39 is 18.2 Å². The molecule has 1 aromatic heterocycles. The van der Waals surface area contributed by atoms with Crippen molar-refractivity contribution in [2.45, 2.75) is 64.6 Å². The predicted octanol–water partition coefficient (Wildman–Crippen LogP) is 5.19. The molecule has 1 aliphatic rings. The Bertz CT molecular complexity index is 1050. The van der Waals surface area contributed by atoms with E-state index in [1.165, 1.54) is 19.2 Å². The third-order valence-corrected chi connectivity index (χ3v) is 5.51. The number of carbonyl (C=O) groups excluding carboxylic acids is 1. The number of halogens is 1. The Balaban J connectivity index is 2.28. The molecule has 2 heterocycles. The number of ether oxygens (including phenoxy) is 1. The van der Waals surface area contributed by atoms with Crippen LogP contribution >= 0.6 is 0 Å². The summed E-state index contributed by atoms with van der Waals surface area (Å²) in [4.78, 5) is 21.7. The quantitative estimate of drug-likeness (QED) is 0.354. The van der Waals surface area contributed by atoms with Gasteiger partial charge in [0.2, 0.25) is 0 Å². The van der Waals surface area contributed by atoms with Gasteiger partial charge in [0.15, 0.2) is 0 Å². The fourth-order valence-electron chi connectivity index (χ4n) is 3.99. The van der Waals surface area contributed by atoms with Crippen LogP contribution in [0.25, 0.3) is 17.2 Å². The van der Waals surface area contributed by atoms with Crippen molar-refractivity contribution in [1.29, 1.82) is 0 Å². The van der Waals surface area contributed by atoms with Gasteiger partial charge in [-0.15, -0.1) is 0 Å². The van der Waals surface area contributed by atoms with Crippen molar-refractivity contribution in [3.05, 3.63) is 58.7 Å². The summed E-state index contributed by atoms with van der Waals surface area (Å²) in [7, 11) is 1.47. The molecule has 1 fully saturated rings. The Morgan fingerprint density at radius 3 is 2.36 bits per heavy atom. The van der Waals surface area contributed by atoms with Gasteiger partial charge in [0.05, 0.1) is 30.1 Å². The van der Waals surface area contributed by atoms with E-state index in [0.29, 0.717) is 6.42 Å². The molecule has 7 heteroatoms. The number of cyclic esters (lactones) is 1. The number of nitrogens with zero attached hydrogens (tertiary/aromatic N) is 2. The first-order valence-corrected chi connectivity index (χ1v) is 11.2. The van der Waals surface area contributed by atoms with Gasteiger partial charge in [-0.25, -0.2) is 4.39 Å². The minimum atomic E-state index is -0.729. The van der Waals surface area contributed by atoms with Gasteiger partial charge in [-0.3, -0.25) is 9.78 Å². The zero-order valence-corrected chi connectivity index (χ0v) is 19.7. The number of hydrogen-bond acceptors (Lipinski definition) is 6. The van der Waals surface area contributed by atoms with Crippen LogP contribution in [-0.2, 0) is 14.4 Å². The lowest BCUT2D eigenvalue weighted by Crippen LogP contribution is -2.31. The van der Waals surface area contributed by atoms with E-state index in [4.69, 9.17) is 14.6 Å². The number of aromatic nitrogens is 1. The fourth-order valence-corrected chi connectivity index (χ4v) is 3.99. The van der Waals surface area contributed by atoms with E-state index in [-0.39, 0.29) is 24.1 Å². The maximum absolute atomic E-state index is 13.7. The molecule has 0 aliphatic carbocycles. The number of oxime groups is 1. The Hall–Kier alpha value is -3.06. The standard InChI is InChI=1S/C26H31FN2O4/c1-15(2)25-21(11-10-20-12-19(30)13-23(31)33-20)24(17-6-8-18(27)9-7-17)22(14-28-32-5)26(29-25)16(3)4/h6-11,14-16,19-20,30H,12-13H2,1-5H3/t19-,20-/m0/s1. The molecule has 0 saturated carbocycles. The van der Waals surface area contributed by atoms with Crippen LogP contribution in [-0.4, -0.2) is 41.6 Å². The molecule has 2 aromatic rings. The first-order chi connectivity index (χ1) is 15.7. The van der Waals surface area contributed by atoms with Crippen molar-refractivity contribution in [1.82, 2.24) is 4.98 Å². The van der Waals surface area contributed by atoms with Crippen molar-refractivity contribution < 1.29 is 23.9 Å². The number of benzene rings is 1. The lowest BCUT2D eigenvalue weighted by Gasteiger charge is -2.24. The van der Waals surface area contributed by atoms with Gasteiger partial charge in [0.1, 0.15) is 19.0 Å². The number of aliphatic hydroxyl groups is 1. The third kappa shape index (κ3) is 5.85. The lowest BCUT2D eigenvalue weighted by atomic mass is 9.87. The molecule has 6 nitrogen and oxygen atoms in total. The molecule has 2 atom stereocenters. The van der Waals surface area contributed by atoms with Gasteiger partial charge in [-0.05, 0) is 35.6 Å². The first-order valence-electron chi connectivity index (χ1n) is 11.2. The van der Waals surface area contributed by atoms with Gasteiger partial charge in [0.25, 0.3) is 0 Å². The molecular weight excluding hydrogens is 423 g/mol. The Kier molecular flexibility index (Phi) is 7.97. The maximum Gasteiger partial charge on any atom is 0.309 e. The van der Waals surface area contributed by atoms with Crippen LogP contribution in [0.4, 0.5) is 4.39 Å². The zero-order valence-electron chi connectivity index (χ0n) is 19.7. The molecule has 1 saturated heterocycles. The number of carbonyl (C=O) groups is 1. The van der Waals surface area contributed by atoms with Gasteiger partial charge < -0.3 is 14.7 Å². The summed E-state index contributed by atoms with van der Waals surface area (Å²) >= 11 is 0. The molecular formula is C26H31FN2O4. The minimum absolute atomic E-state index is 0.00465. The molecule has 0 radical (unpaired) electrons. The fraction of sp³-hybridized carbons (Fsp3) is 0.423. The highest BCUT2D eigenvalue weighted by Crippen LogP contribution is 2.37. The second-order valence-corrected chi connectivity index (χ2v) is 8.80. The molecule has 0 spiro atoms. The average molecular weight is 455 g/mol. The molecule has 0 bridgehead atoms. The van der Waals surface area contributed by atoms with Crippen LogP contribution in [0.2, 0.25) is 0 Å². The number of hydrogen-bond donors (Lipinski definition) is 1. The van der Waals surface area contributed by atoms with Crippen LogP contribution in [0, 0.1) is 5.82 Å². The SMILES string of the molecule is CON=Cc1c(C(C)C)nc(C(C)C)c(C=C[C@H]2C[C@H](O)CC(=O)O2)c1-c1ccc(F)cc1. The lowest BCUT2D eigenvalue weighted by molar-refractivity contribution is -0.156.